The Morgan fingerprint density at radius 3 is 2.61 bits per heavy atom. The first kappa shape index (κ1) is 14.2. The van der Waals surface area contributed by atoms with Gasteiger partial charge >= 0.3 is 5.97 Å². The molecule has 0 bridgehead atoms. The van der Waals surface area contributed by atoms with Crippen LogP contribution in [-0.4, -0.2) is 22.5 Å². The molecule has 1 rings (SSSR count). The van der Waals surface area contributed by atoms with Crippen LogP contribution in [0.25, 0.3) is 0 Å². The number of amides is 1. The van der Waals surface area contributed by atoms with Gasteiger partial charge in [0.05, 0.1) is 6.42 Å². The van der Waals surface area contributed by atoms with Crippen molar-refractivity contribution in [2.24, 2.45) is 5.73 Å². The summed E-state index contributed by atoms with van der Waals surface area (Å²) in [6, 6.07) is 6.78. The summed E-state index contributed by atoms with van der Waals surface area (Å²) in [6.07, 6.45) is 0.141. The summed E-state index contributed by atoms with van der Waals surface area (Å²) in [7, 11) is 0. The zero-order valence-corrected chi connectivity index (χ0v) is 10.6. The third-order valence-corrected chi connectivity index (χ3v) is 2.18. The second-order valence-corrected chi connectivity index (χ2v) is 4.98. The van der Waals surface area contributed by atoms with E-state index in [1.165, 1.54) is 0 Å². The highest BCUT2D eigenvalue weighted by Crippen LogP contribution is 2.13. The van der Waals surface area contributed by atoms with Crippen molar-refractivity contribution in [2.45, 2.75) is 32.2 Å². The predicted octanol–water partition coefficient (Wildman–Crippen LogP) is 1.38. The van der Waals surface area contributed by atoms with Crippen LogP contribution in [-0.2, 0) is 16.0 Å². The van der Waals surface area contributed by atoms with E-state index in [1.54, 1.807) is 38.1 Å². The van der Waals surface area contributed by atoms with Crippen molar-refractivity contribution in [3.63, 3.8) is 0 Å². The van der Waals surface area contributed by atoms with E-state index in [1.807, 2.05) is 0 Å². The van der Waals surface area contributed by atoms with Gasteiger partial charge in [-0.1, -0.05) is 12.1 Å². The Hall–Kier alpha value is -1.88. The summed E-state index contributed by atoms with van der Waals surface area (Å²) < 4.78 is 0. The zero-order valence-electron chi connectivity index (χ0n) is 10.6. The molecule has 5 nitrogen and oxygen atoms in total. The van der Waals surface area contributed by atoms with Crippen molar-refractivity contribution < 1.29 is 14.7 Å². The third-order valence-electron chi connectivity index (χ3n) is 2.18. The summed E-state index contributed by atoms with van der Waals surface area (Å²) in [4.78, 5) is 22.2. The first-order valence-corrected chi connectivity index (χ1v) is 5.66. The van der Waals surface area contributed by atoms with Crippen LogP contribution in [0.15, 0.2) is 24.3 Å². The number of anilines is 1. The average molecular weight is 250 g/mol. The molecular formula is C13H18N2O3. The maximum absolute atomic E-state index is 11.7. The lowest BCUT2D eigenvalue weighted by Crippen LogP contribution is -2.36. The highest BCUT2D eigenvalue weighted by molar-refractivity contribution is 5.91. The smallest absolute Gasteiger partial charge is 0.307 e. The number of carboxylic acid groups (broad SMARTS) is 1. The largest absolute Gasteiger partial charge is 0.481 e. The molecular weight excluding hydrogens is 232 g/mol. The zero-order chi connectivity index (χ0) is 13.8. The van der Waals surface area contributed by atoms with E-state index in [-0.39, 0.29) is 18.7 Å². The van der Waals surface area contributed by atoms with Gasteiger partial charge in [-0.3, -0.25) is 9.59 Å². The summed E-state index contributed by atoms with van der Waals surface area (Å²) in [5, 5.41) is 11.4. The molecule has 0 unspecified atom stereocenters. The SMILES string of the molecule is CC(C)(N)CC(=O)Nc1cccc(CC(=O)O)c1. The number of nitrogens with one attached hydrogen (secondary N) is 1. The molecule has 0 aliphatic rings. The fourth-order valence-electron chi connectivity index (χ4n) is 1.55. The van der Waals surface area contributed by atoms with Gasteiger partial charge in [-0.25, -0.2) is 0 Å². The maximum Gasteiger partial charge on any atom is 0.307 e. The van der Waals surface area contributed by atoms with Gasteiger partial charge in [-0.15, -0.1) is 0 Å². The molecule has 0 aliphatic carbocycles. The number of aliphatic carboxylic acids is 1. The molecule has 0 spiro atoms. The molecule has 0 radical (unpaired) electrons. The monoisotopic (exact) mass is 250 g/mol. The molecule has 1 aromatic carbocycles. The van der Waals surface area contributed by atoms with Gasteiger partial charge in [0.2, 0.25) is 5.91 Å². The lowest BCUT2D eigenvalue weighted by molar-refractivity contribution is -0.136. The van der Waals surface area contributed by atoms with E-state index >= 15 is 0 Å². The number of carboxylic acids is 1. The van der Waals surface area contributed by atoms with Crippen LogP contribution in [0.2, 0.25) is 0 Å². The number of carbonyl (C=O) groups excluding carboxylic acids is 1. The Balaban J connectivity index is 2.67. The first-order chi connectivity index (χ1) is 8.26. The lowest BCUT2D eigenvalue weighted by Gasteiger charge is -2.17. The standard InChI is InChI=1S/C13H18N2O3/c1-13(2,14)8-11(16)15-10-5-3-4-9(6-10)7-12(17)18/h3-6H,7-8,14H2,1-2H3,(H,15,16)(H,17,18). The van der Waals surface area contributed by atoms with Crippen LogP contribution in [0.4, 0.5) is 5.69 Å². The van der Waals surface area contributed by atoms with Crippen LogP contribution in [0.5, 0.6) is 0 Å². The highest BCUT2D eigenvalue weighted by atomic mass is 16.4. The van der Waals surface area contributed by atoms with Gasteiger partial charge in [-0.2, -0.15) is 0 Å². The summed E-state index contributed by atoms with van der Waals surface area (Å²) in [5.41, 5.74) is 6.41. The van der Waals surface area contributed by atoms with Gasteiger partial charge in [0.1, 0.15) is 0 Å². The Bertz CT molecular complexity index is 450. The molecule has 5 heteroatoms. The van der Waals surface area contributed by atoms with Crippen LogP contribution < -0.4 is 11.1 Å². The molecule has 0 heterocycles. The van der Waals surface area contributed by atoms with Crippen LogP contribution in [0.3, 0.4) is 0 Å². The van der Waals surface area contributed by atoms with E-state index in [9.17, 15) is 9.59 Å². The fraction of sp³-hybridized carbons (Fsp3) is 0.385. The van der Waals surface area contributed by atoms with Crippen molar-refractivity contribution in [1.29, 1.82) is 0 Å². The number of rotatable bonds is 5. The molecule has 1 aromatic rings. The predicted molar refractivity (Wildman–Crippen MR) is 69.3 cm³/mol. The molecule has 0 atom stereocenters. The quantitative estimate of drug-likeness (QED) is 0.736. The minimum absolute atomic E-state index is 0.0634. The number of benzene rings is 1. The van der Waals surface area contributed by atoms with Gasteiger partial charge in [0.25, 0.3) is 0 Å². The first-order valence-electron chi connectivity index (χ1n) is 5.66. The van der Waals surface area contributed by atoms with Crippen molar-refractivity contribution in [3.8, 4) is 0 Å². The molecule has 0 aromatic heterocycles. The highest BCUT2D eigenvalue weighted by Gasteiger charge is 2.16. The lowest BCUT2D eigenvalue weighted by atomic mass is 10.0. The molecule has 0 fully saturated rings. The Labute approximate surface area is 106 Å². The second-order valence-electron chi connectivity index (χ2n) is 4.98. The van der Waals surface area contributed by atoms with Crippen LogP contribution in [0.1, 0.15) is 25.8 Å². The van der Waals surface area contributed by atoms with Gasteiger partial charge < -0.3 is 16.2 Å². The van der Waals surface area contributed by atoms with Gasteiger partial charge in [0.15, 0.2) is 0 Å². The Morgan fingerprint density at radius 1 is 1.39 bits per heavy atom. The molecule has 0 aliphatic heterocycles. The molecule has 0 saturated carbocycles. The van der Waals surface area contributed by atoms with Crippen LogP contribution >= 0.6 is 0 Å². The normalized spacial score (nSPS) is 11.1. The van der Waals surface area contributed by atoms with Crippen molar-refractivity contribution in [1.82, 2.24) is 0 Å². The topological polar surface area (TPSA) is 92.4 Å². The van der Waals surface area contributed by atoms with Gasteiger partial charge in [0, 0.05) is 17.6 Å². The number of hydrogen-bond donors (Lipinski definition) is 3. The van der Waals surface area contributed by atoms with Crippen molar-refractivity contribution >= 4 is 17.6 Å². The minimum atomic E-state index is -0.901. The summed E-state index contributed by atoms with van der Waals surface area (Å²) >= 11 is 0. The molecule has 4 N–H and O–H groups in total. The van der Waals surface area contributed by atoms with E-state index in [0.717, 1.165) is 0 Å². The molecule has 0 saturated heterocycles. The Morgan fingerprint density at radius 2 is 2.06 bits per heavy atom. The van der Waals surface area contributed by atoms with E-state index in [0.29, 0.717) is 11.3 Å². The minimum Gasteiger partial charge on any atom is -0.481 e. The number of hydrogen-bond acceptors (Lipinski definition) is 3. The van der Waals surface area contributed by atoms with E-state index in [4.69, 9.17) is 10.8 Å². The van der Waals surface area contributed by atoms with Crippen LogP contribution in [0, 0.1) is 0 Å². The molecule has 98 valence electrons. The van der Waals surface area contributed by atoms with Crippen molar-refractivity contribution in [3.05, 3.63) is 29.8 Å². The molecule has 1 amide bonds. The third kappa shape index (κ3) is 5.45. The van der Waals surface area contributed by atoms with E-state index in [2.05, 4.69) is 5.32 Å². The summed E-state index contributed by atoms with van der Waals surface area (Å²) in [5.74, 6) is -1.09. The second kappa shape index (κ2) is 5.64. The van der Waals surface area contributed by atoms with Crippen molar-refractivity contribution in [2.75, 3.05) is 5.32 Å². The average Bonchev–Trinajstić information content (AvgIpc) is 2.13. The summed E-state index contributed by atoms with van der Waals surface area (Å²) in [6.45, 7) is 3.54. The number of carbonyl (C=O) groups is 2. The Kier molecular flexibility index (Phi) is 4.44. The van der Waals surface area contributed by atoms with Gasteiger partial charge in [-0.05, 0) is 31.5 Å². The number of nitrogens with two attached hydrogens (primary N) is 1. The molecule has 18 heavy (non-hydrogen) atoms. The van der Waals surface area contributed by atoms with E-state index < -0.39 is 11.5 Å². The fourth-order valence-corrected chi connectivity index (χ4v) is 1.55. The maximum atomic E-state index is 11.7.